The van der Waals surface area contributed by atoms with Crippen LogP contribution in [0.4, 0.5) is 5.69 Å². The number of sulfone groups is 1. The maximum Gasteiger partial charge on any atom is 0.254 e. The van der Waals surface area contributed by atoms with Gasteiger partial charge >= 0.3 is 0 Å². The first kappa shape index (κ1) is 24.7. The summed E-state index contributed by atoms with van der Waals surface area (Å²) in [7, 11) is -1.49. The molecule has 0 spiro atoms. The zero-order valence-electron chi connectivity index (χ0n) is 20.0. The van der Waals surface area contributed by atoms with Crippen molar-refractivity contribution in [3.8, 4) is 0 Å². The van der Waals surface area contributed by atoms with E-state index in [1.807, 2.05) is 37.3 Å². The van der Waals surface area contributed by atoms with E-state index < -0.39 is 9.84 Å². The summed E-state index contributed by atoms with van der Waals surface area (Å²) in [6.07, 6.45) is 2.09. The first-order valence-corrected chi connectivity index (χ1v) is 13.4. The van der Waals surface area contributed by atoms with Gasteiger partial charge in [0.25, 0.3) is 5.91 Å². The molecule has 4 rings (SSSR count). The fourth-order valence-electron chi connectivity index (χ4n) is 3.93. The van der Waals surface area contributed by atoms with Crippen molar-refractivity contribution in [1.29, 1.82) is 0 Å². The van der Waals surface area contributed by atoms with Crippen molar-refractivity contribution in [2.45, 2.75) is 37.1 Å². The minimum Gasteiger partial charge on any atom is -0.335 e. The van der Waals surface area contributed by atoms with E-state index in [2.05, 4.69) is 5.32 Å². The number of hydrogen-bond donors (Lipinski definition) is 1. The molecule has 1 N–H and O–H groups in total. The second kappa shape index (κ2) is 10.4. The van der Waals surface area contributed by atoms with Crippen LogP contribution in [-0.2, 0) is 21.1 Å². The van der Waals surface area contributed by atoms with Crippen molar-refractivity contribution in [3.05, 3.63) is 95.6 Å². The average Bonchev–Trinajstić information content (AvgIpc) is 3.67. The van der Waals surface area contributed by atoms with Crippen LogP contribution in [0.5, 0.6) is 0 Å². The predicted molar refractivity (Wildman–Crippen MR) is 137 cm³/mol. The minimum absolute atomic E-state index is 0.0711. The number of carbonyl (C=O) groups is 2. The summed E-state index contributed by atoms with van der Waals surface area (Å²) >= 11 is 0. The Morgan fingerprint density at radius 1 is 0.943 bits per heavy atom. The van der Waals surface area contributed by atoms with Crippen molar-refractivity contribution in [1.82, 2.24) is 4.90 Å². The number of anilines is 1. The van der Waals surface area contributed by atoms with Gasteiger partial charge in [0.05, 0.1) is 23.1 Å². The Hall–Kier alpha value is -3.45. The summed E-state index contributed by atoms with van der Waals surface area (Å²) < 4.78 is 24.8. The number of rotatable bonds is 9. The third-order valence-corrected chi connectivity index (χ3v) is 8.30. The van der Waals surface area contributed by atoms with Gasteiger partial charge in [0.1, 0.15) is 0 Å². The molecule has 3 aromatic rings. The highest BCUT2D eigenvalue weighted by atomic mass is 32.2. The lowest BCUT2D eigenvalue weighted by Crippen LogP contribution is -2.29. The fourth-order valence-corrected chi connectivity index (χ4v) is 5.62. The Bertz CT molecular complexity index is 1280. The van der Waals surface area contributed by atoms with Crippen molar-refractivity contribution in [2.75, 3.05) is 18.1 Å². The molecule has 0 heterocycles. The van der Waals surface area contributed by atoms with E-state index in [-0.39, 0.29) is 30.0 Å². The second-order valence-electron chi connectivity index (χ2n) is 9.17. The van der Waals surface area contributed by atoms with Crippen LogP contribution in [0, 0.1) is 5.92 Å². The summed E-state index contributed by atoms with van der Waals surface area (Å²) in [5.74, 6) is 0.176. The van der Waals surface area contributed by atoms with Gasteiger partial charge in [0.15, 0.2) is 9.84 Å². The molecule has 1 atom stereocenters. The largest absolute Gasteiger partial charge is 0.335 e. The third kappa shape index (κ3) is 6.36. The van der Waals surface area contributed by atoms with Gasteiger partial charge in [-0.15, -0.1) is 0 Å². The highest BCUT2D eigenvalue weighted by molar-refractivity contribution is 7.91. The van der Waals surface area contributed by atoms with Gasteiger partial charge in [0, 0.05) is 18.3 Å². The molecule has 182 valence electrons. The van der Waals surface area contributed by atoms with Crippen LogP contribution in [0.3, 0.4) is 0 Å². The molecule has 3 aromatic carbocycles. The summed E-state index contributed by atoms with van der Waals surface area (Å²) in [4.78, 5) is 27.4. The smallest absolute Gasteiger partial charge is 0.254 e. The summed E-state index contributed by atoms with van der Waals surface area (Å²) in [5.41, 5.74) is 2.92. The van der Waals surface area contributed by atoms with Crippen LogP contribution >= 0.6 is 0 Å². The first-order chi connectivity index (χ1) is 16.7. The molecule has 0 unspecified atom stereocenters. The molecule has 2 amide bonds. The molecular formula is C28H30N2O4S. The quantitative estimate of drug-likeness (QED) is 0.463. The maximum atomic E-state index is 12.9. The molecule has 6 nitrogen and oxygen atoms in total. The average molecular weight is 491 g/mol. The van der Waals surface area contributed by atoms with Crippen molar-refractivity contribution < 1.29 is 18.0 Å². The molecule has 1 aliphatic rings. The number of nitrogens with zero attached hydrogens (tertiary/aromatic N) is 1. The van der Waals surface area contributed by atoms with E-state index >= 15 is 0 Å². The third-order valence-electron chi connectivity index (χ3n) is 6.40. The molecule has 35 heavy (non-hydrogen) atoms. The minimum atomic E-state index is -3.26. The van der Waals surface area contributed by atoms with E-state index in [9.17, 15) is 18.0 Å². The number of carbonyl (C=O) groups excluding carboxylic acids is 2. The molecule has 7 heteroatoms. The SMILES string of the molecule is C[C@@H](c1ccccc1)N(C)C(=O)c1ccc(NC(=O)Cc2ccc(S(=O)(=O)CC3CC3)cc2)cc1. The van der Waals surface area contributed by atoms with E-state index in [0.29, 0.717) is 22.1 Å². The van der Waals surface area contributed by atoms with Gasteiger partial charge in [0.2, 0.25) is 5.91 Å². The molecule has 0 saturated heterocycles. The molecule has 0 radical (unpaired) electrons. The summed E-state index contributed by atoms with van der Waals surface area (Å²) in [6, 6.07) is 23.1. The van der Waals surface area contributed by atoms with E-state index in [0.717, 1.165) is 24.0 Å². The van der Waals surface area contributed by atoms with Gasteiger partial charge < -0.3 is 10.2 Å². The van der Waals surface area contributed by atoms with E-state index in [1.165, 1.54) is 0 Å². The first-order valence-electron chi connectivity index (χ1n) is 11.8. The lowest BCUT2D eigenvalue weighted by molar-refractivity contribution is -0.115. The number of nitrogens with one attached hydrogen (secondary N) is 1. The molecule has 0 aliphatic heterocycles. The van der Waals surface area contributed by atoms with E-state index in [1.54, 1.807) is 60.5 Å². The number of amides is 2. The normalized spacial score (nSPS) is 14.2. The van der Waals surface area contributed by atoms with Gasteiger partial charge in [-0.05, 0) is 73.2 Å². The van der Waals surface area contributed by atoms with Crippen LogP contribution in [0.2, 0.25) is 0 Å². The van der Waals surface area contributed by atoms with Crippen molar-refractivity contribution in [2.24, 2.45) is 5.92 Å². The van der Waals surface area contributed by atoms with E-state index in [4.69, 9.17) is 0 Å². The summed E-state index contributed by atoms with van der Waals surface area (Å²) in [6.45, 7) is 1.98. The zero-order chi connectivity index (χ0) is 25.0. The van der Waals surface area contributed by atoms with Gasteiger partial charge in [-0.2, -0.15) is 0 Å². The predicted octanol–water partition coefficient (Wildman–Crippen LogP) is 4.88. The summed E-state index contributed by atoms with van der Waals surface area (Å²) in [5, 5.41) is 2.83. The molecule has 0 aromatic heterocycles. The highest BCUT2D eigenvalue weighted by Crippen LogP contribution is 2.32. The van der Waals surface area contributed by atoms with Crippen LogP contribution in [-0.4, -0.2) is 37.9 Å². The Labute approximate surface area is 206 Å². The van der Waals surface area contributed by atoms with Crippen LogP contribution in [0.1, 0.15) is 47.3 Å². The Balaban J connectivity index is 1.32. The highest BCUT2D eigenvalue weighted by Gasteiger charge is 2.29. The van der Waals surface area contributed by atoms with Gasteiger partial charge in [-0.25, -0.2) is 8.42 Å². The monoisotopic (exact) mass is 490 g/mol. The number of hydrogen-bond acceptors (Lipinski definition) is 4. The maximum absolute atomic E-state index is 12.9. The molecular weight excluding hydrogens is 460 g/mol. The fraction of sp³-hybridized carbons (Fsp3) is 0.286. The molecule has 0 bridgehead atoms. The topological polar surface area (TPSA) is 83.6 Å². The Kier molecular flexibility index (Phi) is 7.36. The van der Waals surface area contributed by atoms with Crippen LogP contribution < -0.4 is 5.32 Å². The number of benzene rings is 3. The second-order valence-corrected chi connectivity index (χ2v) is 11.2. The van der Waals surface area contributed by atoms with Gasteiger partial charge in [-0.3, -0.25) is 9.59 Å². The zero-order valence-corrected chi connectivity index (χ0v) is 20.8. The van der Waals surface area contributed by atoms with Crippen LogP contribution in [0.25, 0.3) is 0 Å². The molecule has 1 saturated carbocycles. The lowest BCUT2D eigenvalue weighted by Gasteiger charge is -2.25. The van der Waals surface area contributed by atoms with Gasteiger partial charge in [-0.1, -0.05) is 42.5 Å². The Morgan fingerprint density at radius 2 is 1.57 bits per heavy atom. The Morgan fingerprint density at radius 3 is 2.17 bits per heavy atom. The lowest BCUT2D eigenvalue weighted by atomic mass is 10.1. The molecule has 1 fully saturated rings. The standard InChI is InChI=1S/C28H30N2O4S/c1-20(23-6-4-3-5-7-23)30(2)28(32)24-12-14-25(15-13-24)29-27(31)18-21-10-16-26(17-11-21)35(33,34)19-22-8-9-22/h3-7,10-17,20,22H,8-9,18-19H2,1-2H3,(H,29,31)/t20-/m0/s1. The van der Waals surface area contributed by atoms with Crippen LogP contribution in [0.15, 0.2) is 83.8 Å². The molecule has 1 aliphatic carbocycles. The van der Waals surface area contributed by atoms with Crippen molar-refractivity contribution in [3.63, 3.8) is 0 Å². The van der Waals surface area contributed by atoms with Crippen molar-refractivity contribution >= 4 is 27.3 Å².